The van der Waals surface area contributed by atoms with E-state index in [0.717, 1.165) is 5.56 Å². The lowest BCUT2D eigenvalue weighted by Gasteiger charge is -2.17. The minimum atomic E-state index is -0.915. The van der Waals surface area contributed by atoms with Gasteiger partial charge >= 0.3 is 0 Å². The topological polar surface area (TPSA) is 93.8 Å². The predicted octanol–water partition coefficient (Wildman–Crippen LogP) is 2.37. The molecule has 0 aliphatic carbocycles. The quantitative estimate of drug-likeness (QED) is 0.653. The number of carbonyl (C=O) groups is 1. The highest BCUT2D eigenvalue weighted by atomic mass is 35.5. The molecule has 0 radical (unpaired) electrons. The highest BCUT2D eigenvalue weighted by Gasteiger charge is 2.17. The smallest absolute Gasteiger partial charge is 0.222 e. The van der Waals surface area contributed by atoms with Crippen LogP contribution in [0.4, 0.5) is 0 Å². The van der Waals surface area contributed by atoms with Gasteiger partial charge in [-0.05, 0) is 23.8 Å². The maximum atomic E-state index is 12.1. The third kappa shape index (κ3) is 5.91. The number of hydrogen-bond donors (Lipinski definition) is 3. The molecule has 2 aromatic carbocycles. The molecule has 0 aliphatic rings. The molecule has 142 valence electrons. The van der Waals surface area contributed by atoms with Crippen molar-refractivity contribution in [1.29, 1.82) is 0 Å². The zero-order valence-electron chi connectivity index (χ0n) is 14.8. The van der Waals surface area contributed by atoms with Crippen LogP contribution in [0.5, 0.6) is 11.5 Å². The van der Waals surface area contributed by atoms with Crippen LogP contribution in [-0.2, 0) is 4.79 Å². The van der Waals surface area contributed by atoms with Crippen LogP contribution in [-0.4, -0.2) is 31.8 Å². The molecular weight excluding hydrogens is 356 g/mol. The largest absolute Gasteiger partial charge is 0.497 e. The highest BCUT2D eigenvalue weighted by molar-refractivity contribution is 5.85. The fraction of sp³-hybridized carbons (Fsp3) is 0.316. The maximum Gasteiger partial charge on any atom is 0.222 e. The minimum Gasteiger partial charge on any atom is -0.497 e. The van der Waals surface area contributed by atoms with Crippen LogP contribution >= 0.6 is 12.4 Å². The SMILES string of the molecule is COc1ccc(OC)c(C(O)CNC(=O)CC(N)c2ccccc2)c1.Cl. The van der Waals surface area contributed by atoms with Crippen molar-refractivity contribution >= 4 is 18.3 Å². The monoisotopic (exact) mass is 380 g/mol. The molecule has 0 spiro atoms. The van der Waals surface area contributed by atoms with E-state index in [9.17, 15) is 9.90 Å². The molecule has 0 saturated heterocycles. The molecule has 26 heavy (non-hydrogen) atoms. The van der Waals surface area contributed by atoms with Crippen molar-refractivity contribution in [3.63, 3.8) is 0 Å². The molecule has 1 amide bonds. The van der Waals surface area contributed by atoms with Gasteiger partial charge in [-0.1, -0.05) is 30.3 Å². The number of hydrogen-bond acceptors (Lipinski definition) is 5. The summed E-state index contributed by atoms with van der Waals surface area (Å²) in [5, 5.41) is 13.1. The average molecular weight is 381 g/mol. The summed E-state index contributed by atoms with van der Waals surface area (Å²) >= 11 is 0. The lowest BCUT2D eigenvalue weighted by atomic mass is 10.0. The van der Waals surface area contributed by atoms with Gasteiger partial charge in [-0.15, -0.1) is 12.4 Å². The summed E-state index contributed by atoms with van der Waals surface area (Å²) in [5.74, 6) is 0.910. The average Bonchev–Trinajstić information content (AvgIpc) is 2.66. The molecule has 6 nitrogen and oxygen atoms in total. The number of methoxy groups -OCH3 is 2. The lowest BCUT2D eigenvalue weighted by Crippen LogP contribution is -2.31. The standard InChI is InChI=1S/C19H24N2O4.ClH/c1-24-14-8-9-18(25-2)15(10-14)17(22)12-21-19(23)11-16(20)13-6-4-3-5-7-13;/h3-10,16-17,22H,11-12,20H2,1-2H3,(H,21,23);1H. The minimum absolute atomic E-state index is 0. The fourth-order valence-electron chi connectivity index (χ4n) is 2.51. The second-order valence-corrected chi connectivity index (χ2v) is 5.65. The van der Waals surface area contributed by atoms with Crippen LogP contribution in [0, 0.1) is 0 Å². The van der Waals surface area contributed by atoms with Gasteiger partial charge in [-0.3, -0.25) is 4.79 Å². The molecule has 0 aliphatic heterocycles. The predicted molar refractivity (Wildman–Crippen MR) is 103 cm³/mol. The Morgan fingerprint density at radius 1 is 1.15 bits per heavy atom. The number of rotatable bonds is 8. The number of halogens is 1. The van der Waals surface area contributed by atoms with Gasteiger partial charge in [0.25, 0.3) is 0 Å². The van der Waals surface area contributed by atoms with Crippen LogP contribution < -0.4 is 20.5 Å². The van der Waals surface area contributed by atoms with Crippen molar-refractivity contribution in [3.8, 4) is 11.5 Å². The molecule has 2 aromatic rings. The van der Waals surface area contributed by atoms with Crippen LogP contribution in [0.2, 0.25) is 0 Å². The van der Waals surface area contributed by atoms with Crippen molar-refractivity contribution in [2.24, 2.45) is 5.73 Å². The van der Waals surface area contributed by atoms with E-state index in [4.69, 9.17) is 15.2 Å². The molecular formula is C19H25ClN2O4. The summed E-state index contributed by atoms with van der Waals surface area (Å²) < 4.78 is 10.4. The molecule has 0 fully saturated rings. The number of nitrogens with two attached hydrogens (primary N) is 1. The molecule has 4 N–H and O–H groups in total. The first kappa shape index (κ1) is 21.8. The second-order valence-electron chi connectivity index (χ2n) is 5.65. The van der Waals surface area contributed by atoms with E-state index in [1.807, 2.05) is 30.3 Å². The summed E-state index contributed by atoms with van der Waals surface area (Å²) in [7, 11) is 3.07. The number of amides is 1. The molecule has 2 atom stereocenters. The van der Waals surface area contributed by atoms with Gasteiger partial charge in [0.15, 0.2) is 0 Å². The van der Waals surface area contributed by atoms with Gasteiger partial charge in [0.1, 0.15) is 11.5 Å². The first-order valence-corrected chi connectivity index (χ1v) is 8.02. The third-order valence-corrected chi connectivity index (χ3v) is 3.92. The van der Waals surface area contributed by atoms with Crippen molar-refractivity contribution in [3.05, 3.63) is 59.7 Å². The Morgan fingerprint density at radius 2 is 1.85 bits per heavy atom. The zero-order valence-corrected chi connectivity index (χ0v) is 15.7. The number of aliphatic hydroxyl groups is 1. The van der Waals surface area contributed by atoms with Gasteiger partial charge in [0, 0.05) is 24.6 Å². The summed E-state index contributed by atoms with van der Waals surface area (Å²) in [5.41, 5.74) is 7.48. The number of nitrogens with one attached hydrogen (secondary N) is 1. The second kappa shape index (κ2) is 10.7. The van der Waals surface area contributed by atoms with Gasteiger partial charge in [-0.25, -0.2) is 0 Å². The van der Waals surface area contributed by atoms with E-state index in [1.54, 1.807) is 25.3 Å². The van der Waals surface area contributed by atoms with E-state index >= 15 is 0 Å². The normalized spacial score (nSPS) is 12.5. The number of carbonyl (C=O) groups excluding carboxylic acids is 1. The van der Waals surface area contributed by atoms with Crippen molar-refractivity contribution in [2.75, 3.05) is 20.8 Å². The fourth-order valence-corrected chi connectivity index (χ4v) is 2.51. The first-order valence-electron chi connectivity index (χ1n) is 8.02. The summed E-state index contributed by atoms with van der Waals surface area (Å²) in [6.45, 7) is 0.0594. The van der Waals surface area contributed by atoms with E-state index in [1.165, 1.54) is 7.11 Å². The summed E-state index contributed by atoms with van der Waals surface area (Å²) in [6.07, 6.45) is -0.770. The molecule has 2 unspecified atom stereocenters. The molecule has 0 bridgehead atoms. The van der Waals surface area contributed by atoms with Crippen LogP contribution in [0.1, 0.15) is 29.7 Å². The van der Waals surface area contributed by atoms with Crippen molar-refractivity contribution < 1.29 is 19.4 Å². The Kier molecular flexibility index (Phi) is 8.92. The Morgan fingerprint density at radius 3 is 2.46 bits per heavy atom. The van der Waals surface area contributed by atoms with Gasteiger partial charge in [0.2, 0.25) is 5.91 Å². The van der Waals surface area contributed by atoms with Crippen LogP contribution in [0.25, 0.3) is 0 Å². The molecule has 2 rings (SSSR count). The van der Waals surface area contributed by atoms with Gasteiger partial charge in [-0.2, -0.15) is 0 Å². The van der Waals surface area contributed by atoms with E-state index in [-0.39, 0.29) is 37.3 Å². The van der Waals surface area contributed by atoms with Crippen LogP contribution in [0.15, 0.2) is 48.5 Å². The first-order chi connectivity index (χ1) is 12.0. The summed E-state index contributed by atoms with van der Waals surface area (Å²) in [4.78, 5) is 12.1. The van der Waals surface area contributed by atoms with Gasteiger partial charge < -0.3 is 25.6 Å². The third-order valence-electron chi connectivity index (χ3n) is 3.92. The zero-order chi connectivity index (χ0) is 18.2. The lowest BCUT2D eigenvalue weighted by molar-refractivity contribution is -0.121. The maximum absolute atomic E-state index is 12.1. The number of benzene rings is 2. The number of aliphatic hydroxyl groups excluding tert-OH is 1. The van der Waals surface area contributed by atoms with Crippen molar-refractivity contribution in [2.45, 2.75) is 18.6 Å². The Bertz CT molecular complexity index is 697. The van der Waals surface area contributed by atoms with Crippen LogP contribution in [0.3, 0.4) is 0 Å². The van der Waals surface area contributed by atoms with E-state index in [0.29, 0.717) is 17.1 Å². The highest BCUT2D eigenvalue weighted by Crippen LogP contribution is 2.29. The van der Waals surface area contributed by atoms with Crippen molar-refractivity contribution in [1.82, 2.24) is 5.32 Å². The van der Waals surface area contributed by atoms with E-state index in [2.05, 4.69) is 5.32 Å². The Balaban J connectivity index is 0.00000338. The molecule has 0 heterocycles. The molecule has 7 heteroatoms. The summed E-state index contributed by atoms with van der Waals surface area (Å²) in [6, 6.07) is 14.2. The Labute approximate surface area is 159 Å². The molecule has 0 saturated carbocycles. The van der Waals surface area contributed by atoms with Gasteiger partial charge in [0.05, 0.1) is 20.3 Å². The van der Waals surface area contributed by atoms with E-state index < -0.39 is 6.10 Å². The Hall–Kier alpha value is -2.28. The number of ether oxygens (including phenoxy) is 2. The molecule has 0 aromatic heterocycles.